The van der Waals surface area contributed by atoms with Gasteiger partial charge in [0.1, 0.15) is 6.04 Å². The van der Waals surface area contributed by atoms with Crippen molar-refractivity contribution in [3.63, 3.8) is 0 Å². The number of nitrogens with one attached hydrogen (secondary N) is 2. The summed E-state index contributed by atoms with van der Waals surface area (Å²) in [6.45, 7) is 4.32. The van der Waals surface area contributed by atoms with E-state index >= 15 is 0 Å². The molecule has 4 saturated carbocycles. The van der Waals surface area contributed by atoms with Crippen LogP contribution in [0, 0.1) is 29.1 Å². The largest absolute Gasteiger partial charge is 0.354 e. The zero-order valence-corrected chi connectivity index (χ0v) is 19.8. The Kier molecular flexibility index (Phi) is 6.38. The second kappa shape index (κ2) is 8.78. The van der Waals surface area contributed by atoms with E-state index in [0.717, 1.165) is 24.8 Å². The van der Waals surface area contributed by atoms with Gasteiger partial charge < -0.3 is 10.6 Å². The van der Waals surface area contributed by atoms with Crippen LogP contribution in [-0.4, -0.2) is 32.8 Å². The van der Waals surface area contributed by atoms with Crippen molar-refractivity contribution in [3.05, 3.63) is 29.8 Å². The first-order valence-electron chi connectivity index (χ1n) is 11.8. The lowest BCUT2D eigenvalue weighted by molar-refractivity contribution is -0.149. The molecule has 0 spiro atoms. The lowest BCUT2D eigenvalue weighted by Crippen LogP contribution is -2.58. The Hall–Kier alpha value is -1.93. The Balaban J connectivity index is 1.33. The summed E-state index contributed by atoms with van der Waals surface area (Å²) in [7, 11) is -3.71. The normalized spacial score (nSPS) is 29.7. The fraction of sp³-hybridized carbons (Fsp3) is 0.667. The molecule has 0 radical (unpaired) electrons. The first-order chi connectivity index (χ1) is 15.1. The van der Waals surface area contributed by atoms with Gasteiger partial charge in [0, 0.05) is 12.0 Å². The number of hydrogen-bond acceptors (Lipinski definition) is 4. The second-order valence-electron chi connectivity index (χ2n) is 10.6. The summed E-state index contributed by atoms with van der Waals surface area (Å²) in [5.41, 5.74) is 0.629. The molecule has 0 saturated heterocycles. The summed E-state index contributed by atoms with van der Waals surface area (Å²) in [5.74, 6) is 1.93. The predicted octanol–water partition coefficient (Wildman–Crippen LogP) is 2.35. The maximum Gasteiger partial charge on any atom is 0.242 e. The van der Waals surface area contributed by atoms with Crippen molar-refractivity contribution < 1.29 is 18.0 Å². The molecule has 0 unspecified atom stereocenters. The number of sulfonamides is 1. The molecule has 0 heterocycles. The van der Waals surface area contributed by atoms with Crippen molar-refractivity contribution in [3.8, 4) is 0 Å². The van der Waals surface area contributed by atoms with Crippen molar-refractivity contribution in [1.29, 1.82) is 0 Å². The van der Waals surface area contributed by atoms with Crippen LogP contribution in [0.25, 0.3) is 0 Å². The molecule has 0 aliphatic heterocycles. The summed E-state index contributed by atoms with van der Waals surface area (Å²) < 4.78 is 22.7. The third-order valence-electron chi connectivity index (χ3n) is 7.72. The Morgan fingerprint density at radius 1 is 1.03 bits per heavy atom. The number of carbonyl (C=O) groups excluding carboxylic acids is 2. The fourth-order valence-electron chi connectivity index (χ4n) is 6.50. The Morgan fingerprint density at radius 2 is 1.56 bits per heavy atom. The van der Waals surface area contributed by atoms with Gasteiger partial charge >= 0.3 is 0 Å². The van der Waals surface area contributed by atoms with Gasteiger partial charge in [-0.05, 0) is 86.3 Å². The summed E-state index contributed by atoms with van der Waals surface area (Å²) >= 11 is 0. The number of carbonyl (C=O) groups is 2. The van der Waals surface area contributed by atoms with Crippen LogP contribution in [0.1, 0.15) is 57.9 Å². The summed E-state index contributed by atoms with van der Waals surface area (Å²) in [6, 6.07) is 5.77. The summed E-state index contributed by atoms with van der Waals surface area (Å²) in [4.78, 5) is 26.3. The Bertz CT molecular complexity index is 936. The van der Waals surface area contributed by atoms with Crippen LogP contribution >= 0.6 is 0 Å². The standard InChI is InChI=1S/C24H35N3O4S/c1-15(2)21(22(28)26-8-7-16-3-5-20(6-4-16)32(25,30)31)27-23(29)24-12-17-9-18(13-24)11-19(10-17)14-24/h3-6,15,17-19,21H,7-14H2,1-2H3,(H,26,28)(H,27,29)(H2,25,30,31)/t17?,18?,19?,21-,24?/m0/s1. The van der Waals surface area contributed by atoms with Crippen molar-refractivity contribution >= 4 is 21.8 Å². The molecule has 8 heteroatoms. The highest BCUT2D eigenvalue weighted by molar-refractivity contribution is 7.89. The highest BCUT2D eigenvalue weighted by atomic mass is 32.2. The monoisotopic (exact) mass is 461 g/mol. The first-order valence-corrected chi connectivity index (χ1v) is 13.3. The van der Waals surface area contributed by atoms with E-state index in [1.807, 2.05) is 13.8 Å². The quantitative estimate of drug-likeness (QED) is 0.551. The molecule has 4 N–H and O–H groups in total. The van der Waals surface area contributed by atoms with Crippen LogP contribution in [-0.2, 0) is 26.0 Å². The van der Waals surface area contributed by atoms with Crippen LogP contribution in [0.15, 0.2) is 29.2 Å². The molecule has 7 nitrogen and oxygen atoms in total. The molecule has 32 heavy (non-hydrogen) atoms. The zero-order valence-electron chi connectivity index (χ0n) is 19.0. The van der Waals surface area contributed by atoms with E-state index in [0.29, 0.717) is 30.7 Å². The van der Waals surface area contributed by atoms with E-state index in [2.05, 4.69) is 10.6 Å². The van der Waals surface area contributed by atoms with E-state index < -0.39 is 16.1 Å². The molecule has 5 rings (SSSR count). The molecule has 4 fully saturated rings. The highest BCUT2D eigenvalue weighted by Crippen LogP contribution is 2.60. The van der Waals surface area contributed by atoms with E-state index in [1.54, 1.807) is 12.1 Å². The van der Waals surface area contributed by atoms with Gasteiger partial charge in [0.2, 0.25) is 21.8 Å². The predicted molar refractivity (Wildman–Crippen MR) is 122 cm³/mol. The minimum atomic E-state index is -3.71. The molecular formula is C24H35N3O4S. The number of rotatable bonds is 8. The van der Waals surface area contributed by atoms with Crippen molar-refractivity contribution in [2.45, 2.75) is 69.7 Å². The van der Waals surface area contributed by atoms with E-state index in [9.17, 15) is 18.0 Å². The van der Waals surface area contributed by atoms with Gasteiger partial charge in [0.05, 0.1) is 4.90 Å². The zero-order chi connectivity index (χ0) is 23.1. The SMILES string of the molecule is CC(C)[C@H](NC(=O)C12CC3CC(CC(C3)C1)C2)C(=O)NCCc1ccc(S(N)(=O)=O)cc1. The van der Waals surface area contributed by atoms with Crippen molar-refractivity contribution in [2.24, 2.45) is 34.2 Å². The molecule has 1 aromatic carbocycles. The molecule has 4 aliphatic rings. The van der Waals surface area contributed by atoms with Gasteiger partial charge in [0.25, 0.3) is 0 Å². The van der Waals surface area contributed by atoms with Gasteiger partial charge in [-0.15, -0.1) is 0 Å². The van der Waals surface area contributed by atoms with Gasteiger partial charge in [-0.3, -0.25) is 9.59 Å². The molecule has 176 valence electrons. The number of primary sulfonamides is 1. The maximum absolute atomic E-state index is 13.4. The average molecular weight is 462 g/mol. The molecule has 1 aromatic rings. The molecular weight excluding hydrogens is 426 g/mol. The number of amides is 2. The lowest BCUT2D eigenvalue weighted by Gasteiger charge is -2.55. The van der Waals surface area contributed by atoms with Crippen molar-refractivity contribution in [2.75, 3.05) is 6.54 Å². The van der Waals surface area contributed by atoms with Crippen LogP contribution < -0.4 is 15.8 Å². The van der Waals surface area contributed by atoms with Gasteiger partial charge in [-0.25, -0.2) is 13.6 Å². The number of hydrogen-bond donors (Lipinski definition) is 3. The summed E-state index contributed by atoms with van der Waals surface area (Å²) in [5, 5.41) is 11.2. The van der Waals surface area contributed by atoms with E-state index in [4.69, 9.17) is 5.14 Å². The maximum atomic E-state index is 13.4. The topological polar surface area (TPSA) is 118 Å². The molecule has 2 amide bonds. The van der Waals surface area contributed by atoms with Gasteiger partial charge in [-0.2, -0.15) is 0 Å². The smallest absolute Gasteiger partial charge is 0.242 e. The van der Waals surface area contributed by atoms with Crippen LogP contribution in [0.4, 0.5) is 0 Å². The van der Waals surface area contributed by atoms with E-state index in [1.165, 1.54) is 31.4 Å². The minimum Gasteiger partial charge on any atom is -0.354 e. The third-order valence-corrected chi connectivity index (χ3v) is 8.65. The average Bonchev–Trinajstić information content (AvgIpc) is 2.70. The van der Waals surface area contributed by atoms with Crippen molar-refractivity contribution in [1.82, 2.24) is 10.6 Å². The molecule has 1 atom stereocenters. The van der Waals surface area contributed by atoms with Crippen LogP contribution in [0.3, 0.4) is 0 Å². The summed E-state index contributed by atoms with van der Waals surface area (Å²) in [6.07, 6.45) is 7.32. The highest BCUT2D eigenvalue weighted by Gasteiger charge is 2.55. The third kappa shape index (κ3) is 4.86. The Labute approximate surface area is 191 Å². The Morgan fingerprint density at radius 3 is 2.03 bits per heavy atom. The van der Waals surface area contributed by atoms with E-state index in [-0.39, 0.29) is 28.0 Å². The minimum absolute atomic E-state index is 0.0121. The second-order valence-corrected chi connectivity index (χ2v) is 12.2. The molecule has 0 aromatic heterocycles. The van der Waals surface area contributed by atoms with Gasteiger partial charge in [-0.1, -0.05) is 26.0 Å². The van der Waals surface area contributed by atoms with Crippen LogP contribution in [0.2, 0.25) is 0 Å². The molecule has 4 aliphatic carbocycles. The number of benzene rings is 1. The van der Waals surface area contributed by atoms with Crippen LogP contribution in [0.5, 0.6) is 0 Å². The first kappa shape index (κ1) is 23.2. The lowest BCUT2D eigenvalue weighted by atomic mass is 9.49. The number of nitrogens with two attached hydrogens (primary N) is 1. The molecule has 4 bridgehead atoms. The fourth-order valence-corrected chi connectivity index (χ4v) is 7.02. The van der Waals surface area contributed by atoms with Gasteiger partial charge in [0.15, 0.2) is 0 Å².